The Morgan fingerprint density at radius 2 is 0.882 bits per heavy atom. The van der Waals surface area contributed by atoms with Crippen molar-refractivity contribution in [2.45, 2.75) is 27.0 Å². The molecular formula is C53H62ClN9O7S6. The van der Waals surface area contributed by atoms with E-state index in [1.807, 2.05) is 142 Å². The SMILES string of the molecule is C.CN(C)C(=O)Sc1cccnc1.CN(C)C(=S)Cl.CN(C)C(=S)Oc1cccnc1.CO.O=O.Oc1cccnc1.Sc1cccnc1.c1ccc(Oc2ccccc2)cc1.c1cncc(SSc2cccnc2)c1. The lowest BCUT2D eigenvalue weighted by Crippen LogP contribution is -2.24. The third-order valence-corrected chi connectivity index (χ3v) is 12.1. The number of aromatic hydroxyl groups is 1. The Balaban J connectivity index is 0. The van der Waals surface area contributed by atoms with Gasteiger partial charge in [-0.1, -0.05) is 77.0 Å². The first-order valence-corrected chi connectivity index (χ1v) is 26.0. The Kier molecular flexibility index (Phi) is 45.0. The van der Waals surface area contributed by atoms with Crippen LogP contribution in [-0.2, 0) is 0 Å². The predicted molar refractivity (Wildman–Crippen MR) is 325 cm³/mol. The van der Waals surface area contributed by atoms with Crippen LogP contribution in [0.3, 0.4) is 0 Å². The number of nitrogens with zero attached hydrogens (tertiary/aromatic N) is 9. The number of amides is 1. The number of thiol groups is 1. The summed E-state index contributed by atoms with van der Waals surface area (Å²) in [6.07, 6.45) is 20.3. The smallest absolute Gasteiger partial charge is 0.285 e. The van der Waals surface area contributed by atoms with E-state index in [0.717, 1.165) is 38.2 Å². The zero-order chi connectivity index (χ0) is 55.9. The number of thioether (sulfide) groups is 1. The maximum absolute atomic E-state index is 11.2. The minimum atomic E-state index is 0. The van der Waals surface area contributed by atoms with Crippen molar-refractivity contribution in [1.29, 1.82) is 0 Å². The van der Waals surface area contributed by atoms with Crippen molar-refractivity contribution in [3.63, 3.8) is 0 Å². The number of aromatic nitrogens is 6. The first kappa shape index (κ1) is 71.3. The highest BCUT2D eigenvalue weighted by molar-refractivity contribution is 8.76. The van der Waals surface area contributed by atoms with Crippen LogP contribution in [0.1, 0.15) is 7.43 Å². The van der Waals surface area contributed by atoms with Gasteiger partial charge in [0.2, 0.25) is 0 Å². The minimum Gasteiger partial charge on any atom is -0.506 e. The third kappa shape index (κ3) is 39.7. The molecule has 23 heteroatoms. The van der Waals surface area contributed by atoms with E-state index in [2.05, 4.69) is 54.8 Å². The molecule has 0 fully saturated rings. The molecule has 404 valence electrons. The molecule has 8 rings (SSSR count). The summed E-state index contributed by atoms with van der Waals surface area (Å²) in [7, 11) is 15.1. The van der Waals surface area contributed by atoms with Crippen molar-refractivity contribution in [3.05, 3.63) is 218 Å². The number of benzene rings is 2. The maximum Gasteiger partial charge on any atom is 0.285 e. The monoisotopic (exact) mass is 1160 g/mol. The molecule has 6 heterocycles. The second-order valence-electron chi connectivity index (χ2n) is 13.7. The van der Waals surface area contributed by atoms with Gasteiger partial charge in [0.15, 0.2) is 4.45 Å². The largest absolute Gasteiger partial charge is 0.506 e. The lowest BCUT2D eigenvalue weighted by atomic mass is 10.3. The molecule has 16 nitrogen and oxygen atoms in total. The third-order valence-electron chi connectivity index (χ3n) is 7.28. The van der Waals surface area contributed by atoms with Crippen LogP contribution in [0.5, 0.6) is 23.0 Å². The van der Waals surface area contributed by atoms with Crippen molar-refractivity contribution in [1.82, 2.24) is 44.6 Å². The minimum absolute atomic E-state index is 0. The molecule has 0 saturated heterocycles. The molecule has 8 aromatic rings. The number of aliphatic hydroxyl groups excluding tert-OH is 1. The van der Waals surface area contributed by atoms with Crippen molar-refractivity contribution in [2.24, 2.45) is 0 Å². The van der Waals surface area contributed by atoms with Gasteiger partial charge in [0, 0.05) is 141 Å². The summed E-state index contributed by atoms with van der Waals surface area (Å²) in [6.45, 7) is 0. The lowest BCUT2D eigenvalue weighted by molar-refractivity contribution is 0.241. The summed E-state index contributed by atoms with van der Waals surface area (Å²) in [5.74, 6) is 2.61. The average Bonchev–Trinajstić information content (AvgIpc) is 3.44. The number of rotatable bonds is 7. The summed E-state index contributed by atoms with van der Waals surface area (Å²) >= 11 is 19.9. The number of hydrogen-bond donors (Lipinski definition) is 3. The summed E-state index contributed by atoms with van der Waals surface area (Å²) in [5, 5.41) is 16.0. The van der Waals surface area contributed by atoms with Crippen LogP contribution in [0.4, 0.5) is 4.79 Å². The van der Waals surface area contributed by atoms with E-state index in [1.54, 1.807) is 134 Å². The lowest BCUT2D eigenvalue weighted by Gasteiger charge is -2.13. The summed E-state index contributed by atoms with van der Waals surface area (Å²) in [5.41, 5.74) is 0. The van der Waals surface area contributed by atoms with Crippen LogP contribution in [0, 0.1) is 9.93 Å². The Hall–Kier alpha value is -6.76. The number of carbonyl (C=O) groups is 1. The Bertz CT molecular complexity index is 2440. The molecule has 0 aliphatic carbocycles. The van der Waals surface area contributed by atoms with Crippen LogP contribution < -0.4 is 9.47 Å². The fourth-order valence-electron chi connectivity index (χ4n) is 3.91. The highest BCUT2D eigenvalue weighted by Crippen LogP contribution is 2.36. The van der Waals surface area contributed by atoms with E-state index in [4.69, 9.17) is 53.4 Å². The molecule has 76 heavy (non-hydrogen) atoms. The summed E-state index contributed by atoms with van der Waals surface area (Å²) in [4.78, 5) is 57.5. The number of pyridine rings is 6. The van der Waals surface area contributed by atoms with Crippen molar-refractivity contribution in [2.75, 3.05) is 49.4 Å². The molecule has 0 bridgehead atoms. The van der Waals surface area contributed by atoms with Gasteiger partial charge in [-0.05, 0) is 133 Å². The summed E-state index contributed by atoms with van der Waals surface area (Å²) in [6, 6.07) is 41.7. The fraction of sp³-hybridized carbons (Fsp3) is 0.151. The number of thiocarbonyl (C=S) groups is 2. The number of halogens is 1. The molecule has 0 atom stereocenters. The van der Waals surface area contributed by atoms with Crippen LogP contribution in [0.15, 0.2) is 227 Å². The van der Waals surface area contributed by atoms with Gasteiger partial charge in [-0.2, -0.15) is 0 Å². The molecule has 2 N–H and O–H groups in total. The molecule has 0 aliphatic heterocycles. The number of para-hydroxylation sites is 2. The van der Waals surface area contributed by atoms with Gasteiger partial charge in [0.1, 0.15) is 23.0 Å². The second-order valence-corrected chi connectivity index (χ2v) is 18.9. The van der Waals surface area contributed by atoms with Crippen molar-refractivity contribution in [3.8, 4) is 23.0 Å². The quantitative estimate of drug-likeness (QED) is 0.0340. The fourth-order valence-corrected chi connectivity index (χ4v) is 6.64. The Labute approximate surface area is 479 Å². The van der Waals surface area contributed by atoms with Gasteiger partial charge in [0.05, 0.1) is 12.4 Å². The van der Waals surface area contributed by atoms with Crippen LogP contribution in [-0.4, -0.2) is 119 Å². The van der Waals surface area contributed by atoms with Gasteiger partial charge in [0.25, 0.3) is 10.4 Å². The average molecular weight is 1160 g/mol. The number of aliphatic hydroxyl groups is 1. The topological polar surface area (TPSA) is 197 Å². The van der Waals surface area contributed by atoms with E-state index in [1.165, 1.54) is 22.9 Å². The first-order valence-electron chi connectivity index (χ1n) is 21.4. The van der Waals surface area contributed by atoms with Gasteiger partial charge in [-0.25, -0.2) is 0 Å². The second kappa shape index (κ2) is 47.9. The Morgan fingerprint density at radius 3 is 1.16 bits per heavy atom. The molecule has 1 amide bonds. The molecule has 2 aromatic carbocycles. The zero-order valence-corrected chi connectivity index (χ0v) is 47.7. The Morgan fingerprint density at radius 1 is 0.513 bits per heavy atom. The molecule has 0 radical (unpaired) electrons. The number of carbonyl (C=O) groups excluding carboxylic acids is 1. The summed E-state index contributed by atoms with van der Waals surface area (Å²) < 4.78 is 11.2. The predicted octanol–water partition coefficient (Wildman–Crippen LogP) is 13.5. The van der Waals surface area contributed by atoms with E-state index in [-0.39, 0.29) is 18.4 Å². The number of ether oxygens (including phenoxy) is 2. The van der Waals surface area contributed by atoms with Gasteiger partial charge in [-0.3, -0.25) is 34.7 Å². The molecular weight excluding hydrogens is 1100 g/mol. The highest BCUT2D eigenvalue weighted by Gasteiger charge is 2.05. The molecule has 0 unspecified atom stereocenters. The van der Waals surface area contributed by atoms with Crippen LogP contribution in [0.2, 0.25) is 0 Å². The molecule has 0 spiro atoms. The molecule has 0 saturated carbocycles. The standard InChI is InChI=1S/C12H10O.C10H8N2S2.2C8H10N2OS.C5H5NO.C5H5NS.C3H6ClNS.CH4O.CH4.O2/c1-3-7-11(8-4-1)13-12-9-5-2-6-10-12;1-3-9(7-11-5-1)13-14-10-4-2-6-12-8-10;1-10(2)8(11)12-7-4-3-5-9-6-7;1-10(2)8(12)11-7-4-3-5-9-6-7;2*7-5-2-1-3-6-4-5;1-5(2)3(4)6;1-2;;1-2/h1-10H;1-8H;2*3-6H,1-2H3;2*1-4,7H;1-2H3;2H,1H3;1H4;. The van der Waals surface area contributed by atoms with Gasteiger partial charge in [-0.15, -0.1) is 12.6 Å². The first-order chi connectivity index (χ1) is 36.2. The van der Waals surface area contributed by atoms with Crippen molar-refractivity contribution >= 4 is 96.9 Å². The van der Waals surface area contributed by atoms with Crippen molar-refractivity contribution < 1.29 is 24.5 Å². The van der Waals surface area contributed by atoms with E-state index in [9.17, 15) is 4.79 Å². The highest BCUT2D eigenvalue weighted by atomic mass is 35.5. The van der Waals surface area contributed by atoms with E-state index in [0.29, 0.717) is 15.4 Å². The number of hydrogen-bond acceptors (Lipinski definition) is 19. The van der Waals surface area contributed by atoms with Crippen LogP contribution in [0.25, 0.3) is 0 Å². The normalized spacial score (nSPS) is 8.76. The van der Waals surface area contributed by atoms with Gasteiger partial charge < -0.3 is 34.4 Å². The zero-order valence-electron chi connectivity index (χ0n) is 42.0. The maximum atomic E-state index is 11.2. The molecule has 6 aromatic heterocycles. The molecule has 0 aliphatic rings. The van der Waals surface area contributed by atoms with E-state index < -0.39 is 0 Å². The van der Waals surface area contributed by atoms with Crippen LogP contribution >= 0.6 is 82.0 Å². The van der Waals surface area contributed by atoms with Gasteiger partial charge >= 0.3 is 0 Å². The van der Waals surface area contributed by atoms with E-state index >= 15 is 0 Å².